The molecule has 2 rings (SSSR count). The molecule has 1 aromatic heterocycles. The maximum Gasteiger partial charge on any atom is 0.105 e. The quantitative estimate of drug-likeness (QED) is 0.702. The molecule has 0 radical (unpaired) electrons. The first-order chi connectivity index (χ1) is 10.9. The topological polar surface area (TPSA) is 34.2 Å². The largest absolute Gasteiger partial charge is 0.385 e. The molecule has 4 heteroatoms. The monoisotopic (exact) mass is 335 g/mol. The lowest BCUT2D eigenvalue weighted by Crippen LogP contribution is -2.25. The van der Waals surface area contributed by atoms with Crippen LogP contribution in [0.1, 0.15) is 36.6 Å². The van der Waals surface area contributed by atoms with E-state index in [1.54, 1.807) is 14.2 Å². The number of hydrogen-bond donors (Lipinski definition) is 1. The van der Waals surface area contributed by atoms with Crippen molar-refractivity contribution in [2.45, 2.75) is 39.2 Å². The fraction of sp³-hybridized carbons (Fsp3) is 0.474. The molecule has 2 aromatic rings. The fourth-order valence-electron chi connectivity index (χ4n) is 3.11. The molecule has 0 amide bonds. The summed E-state index contributed by atoms with van der Waals surface area (Å²) < 4.78 is 10.9. The molecule has 1 aromatic carbocycles. The average Bonchev–Trinajstić information content (AvgIpc) is 2.96. The van der Waals surface area contributed by atoms with E-state index in [0.29, 0.717) is 0 Å². The van der Waals surface area contributed by atoms with Crippen LogP contribution >= 0.6 is 11.6 Å². The van der Waals surface area contributed by atoms with E-state index < -0.39 is 0 Å². The van der Waals surface area contributed by atoms with Gasteiger partial charge in [-0.05, 0) is 68.5 Å². The smallest absolute Gasteiger partial charge is 0.105 e. The van der Waals surface area contributed by atoms with Gasteiger partial charge in [0, 0.05) is 43.3 Å². The second-order valence-electron chi connectivity index (χ2n) is 6.25. The van der Waals surface area contributed by atoms with Crippen LogP contribution in [0.4, 0.5) is 0 Å². The van der Waals surface area contributed by atoms with Gasteiger partial charge < -0.3 is 14.5 Å². The minimum Gasteiger partial charge on any atom is -0.385 e. The summed E-state index contributed by atoms with van der Waals surface area (Å²) in [5, 5.41) is 0.779. The molecule has 1 N–H and O–H groups in total. The normalized spacial score (nSPS) is 14.0. The number of methoxy groups -OCH3 is 2. The molecule has 0 fully saturated rings. The molecule has 3 nitrogen and oxygen atoms in total. The maximum atomic E-state index is 6.14. The van der Waals surface area contributed by atoms with Crippen LogP contribution in [-0.2, 0) is 15.1 Å². The first kappa shape index (κ1) is 18.1. The van der Waals surface area contributed by atoms with Gasteiger partial charge in [-0.1, -0.05) is 11.6 Å². The Hall–Kier alpha value is -1.29. The maximum absolute atomic E-state index is 6.14. The van der Waals surface area contributed by atoms with Crippen molar-refractivity contribution in [2.75, 3.05) is 20.8 Å². The van der Waals surface area contributed by atoms with E-state index in [-0.39, 0.29) is 5.60 Å². The molecule has 0 spiro atoms. The van der Waals surface area contributed by atoms with Crippen LogP contribution in [0.15, 0.2) is 24.4 Å². The Kier molecular flexibility index (Phi) is 5.90. The standard InChI is InChI=1S/C19H26ClNO2/c1-13-9-16(20)10-14(2)18(13)15-11-17(21-12-15)19(3,23-5)7-6-8-22-4/h9-12,21H,6-8H2,1-5H3. The van der Waals surface area contributed by atoms with Crippen LogP contribution in [0.5, 0.6) is 0 Å². The van der Waals surface area contributed by atoms with Gasteiger partial charge in [0.2, 0.25) is 0 Å². The number of halogens is 1. The van der Waals surface area contributed by atoms with Gasteiger partial charge in [-0.15, -0.1) is 0 Å². The van der Waals surface area contributed by atoms with E-state index in [2.05, 4.69) is 31.8 Å². The summed E-state index contributed by atoms with van der Waals surface area (Å²) in [5.74, 6) is 0. The zero-order chi connectivity index (χ0) is 17.0. The minimum atomic E-state index is -0.342. The molecule has 23 heavy (non-hydrogen) atoms. The molecule has 0 aliphatic rings. The third kappa shape index (κ3) is 3.97. The Morgan fingerprint density at radius 3 is 2.35 bits per heavy atom. The predicted molar refractivity (Wildman–Crippen MR) is 96.2 cm³/mol. The van der Waals surface area contributed by atoms with Crippen LogP contribution in [0.25, 0.3) is 11.1 Å². The zero-order valence-corrected chi connectivity index (χ0v) is 15.4. The van der Waals surface area contributed by atoms with Gasteiger partial charge in [0.1, 0.15) is 5.60 Å². The Morgan fingerprint density at radius 1 is 1.13 bits per heavy atom. The summed E-state index contributed by atoms with van der Waals surface area (Å²) >= 11 is 6.14. The average molecular weight is 336 g/mol. The number of benzene rings is 1. The van der Waals surface area contributed by atoms with Gasteiger partial charge in [-0.25, -0.2) is 0 Å². The van der Waals surface area contributed by atoms with Crippen LogP contribution in [0.2, 0.25) is 5.02 Å². The molecule has 126 valence electrons. The van der Waals surface area contributed by atoms with Gasteiger partial charge in [0.15, 0.2) is 0 Å². The molecule has 0 aliphatic heterocycles. The van der Waals surface area contributed by atoms with Gasteiger partial charge in [0.05, 0.1) is 0 Å². The lowest BCUT2D eigenvalue weighted by molar-refractivity contribution is -0.0147. The Bertz CT molecular complexity index is 642. The number of aromatic amines is 1. The summed E-state index contributed by atoms with van der Waals surface area (Å²) in [5.41, 5.74) is 5.50. The first-order valence-electron chi connectivity index (χ1n) is 7.91. The predicted octanol–water partition coefficient (Wildman–Crippen LogP) is 5.24. The Balaban J connectivity index is 2.33. The van der Waals surface area contributed by atoms with Crippen LogP contribution in [0.3, 0.4) is 0 Å². The van der Waals surface area contributed by atoms with E-state index in [0.717, 1.165) is 30.2 Å². The van der Waals surface area contributed by atoms with Crippen molar-refractivity contribution in [3.05, 3.63) is 46.2 Å². The third-order valence-corrected chi connectivity index (χ3v) is 4.71. The highest BCUT2D eigenvalue weighted by Gasteiger charge is 2.27. The van der Waals surface area contributed by atoms with Crippen molar-refractivity contribution >= 4 is 11.6 Å². The number of aryl methyl sites for hydroxylation is 2. The van der Waals surface area contributed by atoms with Gasteiger partial charge in [-0.3, -0.25) is 0 Å². The first-order valence-corrected chi connectivity index (χ1v) is 8.29. The van der Waals surface area contributed by atoms with Gasteiger partial charge in [-0.2, -0.15) is 0 Å². The van der Waals surface area contributed by atoms with Crippen molar-refractivity contribution in [3.63, 3.8) is 0 Å². The highest BCUT2D eigenvalue weighted by Crippen LogP contribution is 2.35. The molecule has 0 saturated heterocycles. The van der Waals surface area contributed by atoms with E-state index in [9.17, 15) is 0 Å². The third-order valence-electron chi connectivity index (χ3n) is 4.49. The summed E-state index contributed by atoms with van der Waals surface area (Å²) in [4.78, 5) is 3.39. The molecule has 1 atom stereocenters. The van der Waals surface area contributed by atoms with E-state index in [1.807, 2.05) is 18.3 Å². The highest BCUT2D eigenvalue weighted by molar-refractivity contribution is 6.30. The summed E-state index contributed by atoms with van der Waals surface area (Å²) in [7, 11) is 3.48. The second kappa shape index (κ2) is 7.52. The zero-order valence-electron chi connectivity index (χ0n) is 14.6. The van der Waals surface area contributed by atoms with E-state index >= 15 is 0 Å². The fourth-order valence-corrected chi connectivity index (χ4v) is 3.44. The number of aromatic nitrogens is 1. The summed E-state index contributed by atoms with van der Waals surface area (Å²) in [6.45, 7) is 7.03. The van der Waals surface area contributed by atoms with Gasteiger partial charge >= 0.3 is 0 Å². The Morgan fingerprint density at radius 2 is 1.78 bits per heavy atom. The van der Waals surface area contributed by atoms with Crippen LogP contribution in [-0.4, -0.2) is 25.8 Å². The van der Waals surface area contributed by atoms with Crippen molar-refractivity contribution in [3.8, 4) is 11.1 Å². The van der Waals surface area contributed by atoms with Crippen LogP contribution < -0.4 is 0 Å². The molecule has 0 saturated carbocycles. The molecular weight excluding hydrogens is 310 g/mol. The van der Waals surface area contributed by atoms with Crippen molar-refractivity contribution < 1.29 is 9.47 Å². The number of ether oxygens (including phenoxy) is 2. The Labute approximate surface area is 144 Å². The number of rotatable bonds is 7. The minimum absolute atomic E-state index is 0.342. The number of nitrogens with one attached hydrogen (secondary N) is 1. The molecule has 1 heterocycles. The highest BCUT2D eigenvalue weighted by atomic mass is 35.5. The molecular formula is C19H26ClNO2. The second-order valence-corrected chi connectivity index (χ2v) is 6.68. The summed E-state index contributed by atoms with van der Waals surface area (Å²) in [6, 6.07) is 6.19. The molecule has 1 unspecified atom stereocenters. The van der Waals surface area contributed by atoms with Crippen molar-refractivity contribution in [2.24, 2.45) is 0 Å². The van der Waals surface area contributed by atoms with Gasteiger partial charge in [0.25, 0.3) is 0 Å². The summed E-state index contributed by atoms with van der Waals surface area (Å²) in [6.07, 6.45) is 3.90. The van der Waals surface area contributed by atoms with Crippen molar-refractivity contribution in [1.29, 1.82) is 0 Å². The van der Waals surface area contributed by atoms with E-state index in [4.69, 9.17) is 21.1 Å². The van der Waals surface area contributed by atoms with Crippen LogP contribution in [0, 0.1) is 13.8 Å². The molecule has 0 bridgehead atoms. The lowest BCUT2D eigenvalue weighted by atomic mass is 9.93. The number of H-pyrrole nitrogens is 1. The molecule has 0 aliphatic carbocycles. The SMILES string of the molecule is COCCCC(C)(OC)c1cc(-c2c(C)cc(Cl)cc2C)c[nH]1. The van der Waals surface area contributed by atoms with E-state index in [1.165, 1.54) is 22.3 Å². The van der Waals surface area contributed by atoms with Crippen molar-refractivity contribution in [1.82, 2.24) is 4.98 Å². The number of hydrogen-bond acceptors (Lipinski definition) is 2. The lowest BCUT2D eigenvalue weighted by Gasteiger charge is -2.27.